The van der Waals surface area contributed by atoms with Crippen LogP contribution in [-0.4, -0.2) is 11.6 Å². The lowest BCUT2D eigenvalue weighted by Crippen LogP contribution is -2.30. The third-order valence-electron chi connectivity index (χ3n) is 2.84. The lowest BCUT2D eigenvalue weighted by atomic mass is 9.85. The van der Waals surface area contributed by atoms with Gasteiger partial charge in [0.2, 0.25) is 5.78 Å². The van der Waals surface area contributed by atoms with Crippen LogP contribution in [0.2, 0.25) is 0 Å². The highest BCUT2D eigenvalue weighted by Gasteiger charge is 2.30. The first-order valence-electron chi connectivity index (χ1n) is 5.10. The minimum Gasteiger partial charge on any atom is -0.619 e. The van der Waals surface area contributed by atoms with Crippen molar-refractivity contribution in [3.8, 4) is 0 Å². The minimum absolute atomic E-state index is 0.172. The van der Waals surface area contributed by atoms with Crippen LogP contribution in [0.1, 0.15) is 31.8 Å². The van der Waals surface area contributed by atoms with E-state index in [4.69, 9.17) is 0 Å². The first-order valence-corrected chi connectivity index (χ1v) is 5.10. The van der Waals surface area contributed by atoms with Gasteiger partial charge in [-0.2, -0.15) is 4.73 Å². The van der Waals surface area contributed by atoms with E-state index in [9.17, 15) is 14.8 Å². The van der Waals surface area contributed by atoms with Gasteiger partial charge in [0.25, 0.3) is 0 Å². The SMILES string of the molecule is O=C1c2ccccc2C(=O)c2c[n+]([O-])ccc21. The summed E-state index contributed by atoms with van der Waals surface area (Å²) in [6.45, 7) is 0. The average Bonchev–Trinajstić information content (AvgIpc) is 2.36. The van der Waals surface area contributed by atoms with Gasteiger partial charge in [0.05, 0.1) is 5.56 Å². The van der Waals surface area contributed by atoms with Crippen LogP contribution in [0.25, 0.3) is 0 Å². The van der Waals surface area contributed by atoms with Gasteiger partial charge in [-0.05, 0) is 0 Å². The maximum Gasteiger partial charge on any atom is 0.200 e. The van der Waals surface area contributed by atoms with E-state index in [0.717, 1.165) is 6.20 Å². The number of ketones is 2. The van der Waals surface area contributed by atoms with Crippen molar-refractivity contribution in [2.75, 3.05) is 0 Å². The Hall–Kier alpha value is -2.49. The molecule has 0 aliphatic heterocycles. The zero-order chi connectivity index (χ0) is 12.0. The van der Waals surface area contributed by atoms with Crippen LogP contribution in [0.4, 0.5) is 0 Å². The monoisotopic (exact) mass is 225 g/mol. The number of rotatable bonds is 0. The van der Waals surface area contributed by atoms with Gasteiger partial charge in [-0.15, -0.1) is 0 Å². The third-order valence-corrected chi connectivity index (χ3v) is 2.84. The topological polar surface area (TPSA) is 61.1 Å². The van der Waals surface area contributed by atoms with E-state index in [2.05, 4.69) is 0 Å². The second-order valence-corrected chi connectivity index (χ2v) is 3.84. The fourth-order valence-electron chi connectivity index (χ4n) is 2.03. The Labute approximate surface area is 96.7 Å². The molecule has 17 heavy (non-hydrogen) atoms. The van der Waals surface area contributed by atoms with Gasteiger partial charge >= 0.3 is 0 Å². The molecular formula is C13H7NO3. The van der Waals surface area contributed by atoms with Gasteiger partial charge < -0.3 is 5.21 Å². The van der Waals surface area contributed by atoms with Crippen LogP contribution in [0, 0.1) is 5.21 Å². The lowest BCUT2D eigenvalue weighted by Gasteiger charge is -2.15. The van der Waals surface area contributed by atoms with Gasteiger partial charge in [-0.1, -0.05) is 24.3 Å². The summed E-state index contributed by atoms with van der Waals surface area (Å²) in [5.74, 6) is -0.490. The van der Waals surface area contributed by atoms with E-state index < -0.39 is 0 Å². The van der Waals surface area contributed by atoms with Crippen molar-refractivity contribution in [3.63, 3.8) is 0 Å². The molecule has 0 saturated heterocycles. The van der Waals surface area contributed by atoms with Crippen molar-refractivity contribution in [3.05, 3.63) is 70.2 Å². The molecular weight excluding hydrogens is 218 g/mol. The Morgan fingerprint density at radius 2 is 1.35 bits per heavy atom. The second kappa shape index (κ2) is 3.25. The van der Waals surface area contributed by atoms with Gasteiger partial charge in [-0.3, -0.25) is 9.59 Å². The highest BCUT2D eigenvalue weighted by Crippen LogP contribution is 2.25. The summed E-state index contributed by atoms with van der Waals surface area (Å²) < 4.78 is 0.526. The van der Waals surface area contributed by atoms with E-state index >= 15 is 0 Å². The molecule has 1 aromatic carbocycles. The summed E-state index contributed by atoms with van der Waals surface area (Å²) in [7, 11) is 0. The molecule has 4 heteroatoms. The number of pyridine rings is 1. The van der Waals surface area contributed by atoms with Crippen LogP contribution in [-0.2, 0) is 0 Å². The summed E-state index contributed by atoms with van der Waals surface area (Å²) in [6.07, 6.45) is 2.36. The summed E-state index contributed by atoms with van der Waals surface area (Å²) in [5, 5.41) is 11.2. The van der Waals surface area contributed by atoms with Crippen LogP contribution in [0.5, 0.6) is 0 Å². The number of nitrogens with zero attached hydrogens (tertiary/aromatic N) is 1. The standard InChI is InChI=1S/C13H7NO3/c15-12-8-3-1-2-4-9(8)13(16)11-7-14(17)6-5-10(11)12/h1-7H. The van der Waals surface area contributed by atoms with E-state index in [1.807, 2.05) is 0 Å². The van der Waals surface area contributed by atoms with Gasteiger partial charge in [0.1, 0.15) is 0 Å². The molecule has 0 bridgehead atoms. The molecule has 3 rings (SSSR count). The number of fused-ring (bicyclic) bond motifs is 2. The van der Waals surface area contributed by atoms with Gasteiger partial charge in [0, 0.05) is 22.8 Å². The van der Waals surface area contributed by atoms with E-state index in [1.54, 1.807) is 24.3 Å². The Morgan fingerprint density at radius 1 is 0.824 bits per heavy atom. The molecule has 1 aromatic heterocycles. The highest BCUT2D eigenvalue weighted by molar-refractivity contribution is 6.28. The zero-order valence-corrected chi connectivity index (χ0v) is 8.71. The highest BCUT2D eigenvalue weighted by atomic mass is 16.5. The normalized spacial score (nSPS) is 13.2. The number of benzene rings is 1. The Bertz CT molecular complexity index is 661. The summed E-state index contributed by atoms with van der Waals surface area (Å²) in [5.41, 5.74) is 1.22. The van der Waals surface area contributed by atoms with Crippen LogP contribution < -0.4 is 4.73 Å². The van der Waals surface area contributed by atoms with Gasteiger partial charge in [-0.25, -0.2) is 0 Å². The quantitative estimate of drug-likeness (QED) is 0.425. The largest absolute Gasteiger partial charge is 0.619 e. The van der Waals surface area contributed by atoms with Crippen molar-refractivity contribution in [2.24, 2.45) is 0 Å². The molecule has 4 nitrogen and oxygen atoms in total. The summed E-state index contributed by atoms with van der Waals surface area (Å²) >= 11 is 0. The van der Waals surface area contributed by atoms with E-state index in [-0.39, 0.29) is 17.1 Å². The average molecular weight is 225 g/mol. The number of carbonyl (C=O) groups is 2. The first kappa shape index (κ1) is 9.72. The second-order valence-electron chi connectivity index (χ2n) is 3.84. The van der Waals surface area contributed by atoms with E-state index in [1.165, 1.54) is 12.3 Å². The van der Waals surface area contributed by atoms with Crippen LogP contribution >= 0.6 is 0 Å². The number of aromatic nitrogens is 1. The summed E-state index contributed by atoms with van der Waals surface area (Å²) in [6, 6.07) is 8.02. The molecule has 0 unspecified atom stereocenters. The predicted octanol–water partition coefficient (Wildman–Crippen LogP) is 1.10. The smallest absolute Gasteiger partial charge is 0.200 e. The molecule has 0 saturated carbocycles. The molecule has 0 fully saturated rings. The van der Waals surface area contributed by atoms with Crippen LogP contribution in [0.15, 0.2) is 42.7 Å². The van der Waals surface area contributed by atoms with Crippen molar-refractivity contribution in [2.45, 2.75) is 0 Å². The summed E-state index contributed by atoms with van der Waals surface area (Å²) in [4.78, 5) is 24.2. The maximum atomic E-state index is 12.1. The molecule has 0 radical (unpaired) electrons. The molecule has 1 aliphatic rings. The maximum absolute atomic E-state index is 12.1. The van der Waals surface area contributed by atoms with Crippen LogP contribution in [0.3, 0.4) is 0 Å². The predicted molar refractivity (Wildman–Crippen MR) is 58.7 cm³/mol. The molecule has 0 spiro atoms. The van der Waals surface area contributed by atoms with Crippen molar-refractivity contribution < 1.29 is 14.3 Å². The molecule has 0 N–H and O–H groups in total. The van der Waals surface area contributed by atoms with Crippen molar-refractivity contribution >= 4 is 11.6 Å². The van der Waals surface area contributed by atoms with Crippen molar-refractivity contribution in [1.82, 2.24) is 0 Å². The fourth-order valence-corrected chi connectivity index (χ4v) is 2.03. The fraction of sp³-hybridized carbons (Fsp3) is 0. The Balaban J connectivity index is 2.33. The first-order chi connectivity index (χ1) is 8.18. The zero-order valence-electron chi connectivity index (χ0n) is 8.71. The molecule has 2 aromatic rings. The number of carbonyl (C=O) groups excluding carboxylic acids is 2. The lowest BCUT2D eigenvalue weighted by molar-refractivity contribution is -0.605. The molecule has 1 aliphatic carbocycles. The van der Waals surface area contributed by atoms with E-state index in [0.29, 0.717) is 21.4 Å². The Kier molecular flexibility index (Phi) is 1.86. The van der Waals surface area contributed by atoms with Gasteiger partial charge in [0.15, 0.2) is 18.2 Å². The number of hydrogen-bond acceptors (Lipinski definition) is 3. The minimum atomic E-state index is -0.277. The van der Waals surface area contributed by atoms with Crippen molar-refractivity contribution in [1.29, 1.82) is 0 Å². The molecule has 0 amide bonds. The third kappa shape index (κ3) is 1.27. The molecule has 0 atom stereocenters. The molecule has 1 heterocycles. The Morgan fingerprint density at radius 3 is 2.00 bits per heavy atom. The molecule has 82 valence electrons. The number of hydrogen-bond donors (Lipinski definition) is 0.